The molecule has 1 saturated heterocycles. The van der Waals surface area contributed by atoms with Gasteiger partial charge in [-0.05, 0) is 47.9 Å². The Morgan fingerprint density at radius 3 is 2.43 bits per heavy atom. The molecule has 2 amide bonds. The zero-order chi connectivity index (χ0) is 29.1. The summed E-state index contributed by atoms with van der Waals surface area (Å²) in [6.45, 7) is 2.92. The molecular weight excluding hydrogens is 557 g/mol. The number of aromatic nitrogens is 5. The highest BCUT2D eigenvalue weighted by molar-refractivity contribution is 6.32. The summed E-state index contributed by atoms with van der Waals surface area (Å²) < 4.78 is 17.1. The van der Waals surface area contributed by atoms with E-state index in [1.54, 1.807) is 40.0 Å². The Balaban J connectivity index is 1.07. The molecule has 11 heteroatoms. The van der Waals surface area contributed by atoms with Gasteiger partial charge in [0.25, 0.3) is 5.91 Å². The van der Waals surface area contributed by atoms with E-state index in [1.807, 2.05) is 23.2 Å². The lowest BCUT2D eigenvalue weighted by molar-refractivity contribution is -0.132. The molecule has 214 valence electrons. The summed E-state index contributed by atoms with van der Waals surface area (Å²) in [7, 11) is 0. The number of rotatable bonds is 8. The fourth-order valence-electron chi connectivity index (χ4n) is 5.37. The molecule has 6 rings (SSSR count). The second kappa shape index (κ2) is 12.1. The SMILES string of the molecule is O=C(CCc1cn(Cc2cn(Cc3ccc(F)cc3)nn2)c2ccccc12)N1CCN(C(=O)c2cccnc2Cl)CC1. The molecular formula is C31H29ClFN7O2. The van der Waals surface area contributed by atoms with Crippen molar-refractivity contribution in [1.29, 1.82) is 0 Å². The Kier molecular flexibility index (Phi) is 7.96. The number of carbonyl (C=O) groups is 2. The van der Waals surface area contributed by atoms with Crippen LogP contribution in [0.15, 0.2) is 79.3 Å². The molecule has 2 aromatic carbocycles. The molecule has 0 N–H and O–H groups in total. The predicted octanol–water partition coefficient (Wildman–Crippen LogP) is 4.43. The number of hydrogen-bond donors (Lipinski definition) is 0. The van der Waals surface area contributed by atoms with E-state index >= 15 is 0 Å². The van der Waals surface area contributed by atoms with Gasteiger partial charge in [0, 0.05) is 55.9 Å². The fourth-order valence-corrected chi connectivity index (χ4v) is 5.57. The van der Waals surface area contributed by atoms with E-state index < -0.39 is 0 Å². The van der Waals surface area contributed by atoms with Crippen LogP contribution in [0.2, 0.25) is 5.15 Å². The first kappa shape index (κ1) is 27.6. The van der Waals surface area contributed by atoms with Gasteiger partial charge in [-0.1, -0.05) is 47.1 Å². The molecule has 0 atom stereocenters. The number of benzene rings is 2. The van der Waals surface area contributed by atoms with Gasteiger partial charge in [-0.25, -0.2) is 14.1 Å². The zero-order valence-electron chi connectivity index (χ0n) is 22.9. The number of aryl methyl sites for hydroxylation is 1. The third kappa shape index (κ3) is 6.03. The Morgan fingerprint density at radius 2 is 1.64 bits per heavy atom. The number of fused-ring (bicyclic) bond motifs is 1. The summed E-state index contributed by atoms with van der Waals surface area (Å²) in [6, 6.07) is 17.8. The van der Waals surface area contributed by atoms with Gasteiger partial charge in [-0.3, -0.25) is 9.59 Å². The van der Waals surface area contributed by atoms with Crippen molar-refractivity contribution in [2.45, 2.75) is 25.9 Å². The lowest BCUT2D eigenvalue weighted by Crippen LogP contribution is -2.50. The van der Waals surface area contributed by atoms with Crippen LogP contribution in [-0.4, -0.2) is 72.3 Å². The van der Waals surface area contributed by atoms with Crippen LogP contribution in [0.3, 0.4) is 0 Å². The summed E-state index contributed by atoms with van der Waals surface area (Å²) in [4.78, 5) is 33.5. The minimum Gasteiger partial charge on any atom is -0.341 e. The number of carbonyl (C=O) groups excluding carboxylic acids is 2. The van der Waals surface area contributed by atoms with Crippen LogP contribution >= 0.6 is 11.6 Å². The van der Waals surface area contributed by atoms with E-state index in [0.717, 1.165) is 27.7 Å². The number of halogens is 2. The van der Waals surface area contributed by atoms with Gasteiger partial charge in [-0.15, -0.1) is 5.10 Å². The van der Waals surface area contributed by atoms with Crippen LogP contribution in [-0.2, 0) is 24.3 Å². The minimum atomic E-state index is -0.267. The lowest BCUT2D eigenvalue weighted by atomic mass is 10.1. The number of amides is 2. The third-order valence-corrected chi connectivity index (χ3v) is 7.87. The molecule has 3 aromatic heterocycles. The van der Waals surface area contributed by atoms with E-state index in [4.69, 9.17) is 11.6 Å². The smallest absolute Gasteiger partial charge is 0.257 e. The second-order valence-electron chi connectivity index (χ2n) is 10.3. The maximum atomic E-state index is 13.2. The second-order valence-corrected chi connectivity index (χ2v) is 10.7. The van der Waals surface area contributed by atoms with Crippen molar-refractivity contribution in [2.75, 3.05) is 26.2 Å². The molecule has 4 heterocycles. The standard InChI is InChI=1S/C31H29ClFN7O2/c32-30-27(5-3-13-34-30)31(42)38-16-14-37(15-17-38)29(41)12-9-23-19-39(28-6-2-1-4-26(23)28)20-25-21-40(36-35-25)18-22-7-10-24(33)11-8-22/h1-8,10-11,13,19,21H,9,12,14-18,20H2. The lowest BCUT2D eigenvalue weighted by Gasteiger charge is -2.35. The third-order valence-electron chi connectivity index (χ3n) is 7.56. The van der Waals surface area contributed by atoms with Crippen molar-refractivity contribution in [3.05, 3.63) is 113 Å². The van der Waals surface area contributed by atoms with Crippen molar-refractivity contribution in [2.24, 2.45) is 0 Å². The number of pyridine rings is 1. The highest BCUT2D eigenvalue weighted by Gasteiger charge is 2.26. The molecule has 0 saturated carbocycles. The normalized spacial score (nSPS) is 13.6. The number of para-hydroxylation sites is 1. The molecule has 9 nitrogen and oxygen atoms in total. The quantitative estimate of drug-likeness (QED) is 0.251. The number of piperazine rings is 1. The van der Waals surface area contributed by atoms with Gasteiger partial charge in [0.05, 0.1) is 24.8 Å². The first-order valence-corrected chi connectivity index (χ1v) is 14.2. The van der Waals surface area contributed by atoms with Gasteiger partial charge in [0.1, 0.15) is 16.7 Å². The maximum absolute atomic E-state index is 13.2. The van der Waals surface area contributed by atoms with Crippen LogP contribution in [0.5, 0.6) is 0 Å². The van der Waals surface area contributed by atoms with Gasteiger partial charge in [0.15, 0.2) is 0 Å². The molecule has 0 spiro atoms. The maximum Gasteiger partial charge on any atom is 0.257 e. The molecule has 0 bridgehead atoms. The molecule has 1 aliphatic rings. The average molecular weight is 586 g/mol. The van der Waals surface area contributed by atoms with Crippen LogP contribution in [0.25, 0.3) is 10.9 Å². The largest absolute Gasteiger partial charge is 0.341 e. The summed E-state index contributed by atoms with van der Waals surface area (Å²) >= 11 is 6.10. The van der Waals surface area contributed by atoms with E-state index in [1.165, 1.54) is 12.1 Å². The van der Waals surface area contributed by atoms with E-state index in [0.29, 0.717) is 57.7 Å². The Bertz CT molecular complexity index is 1720. The number of nitrogens with zero attached hydrogens (tertiary/aromatic N) is 7. The van der Waals surface area contributed by atoms with Crippen molar-refractivity contribution < 1.29 is 14.0 Å². The van der Waals surface area contributed by atoms with Gasteiger partial charge in [0.2, 0.25) is 5.91 Å². The molecule has 1 fully saturated rings. The molecule has 1 aliphatic heterocycles. The molecule has 0 radical (unpaired) electrons. The van der Waals surface area contributed by atoms with Gasteiger partial charge < -0.3 is 14.4 Å². The van der Waals surface area contributed by atoms with E-state index in [-0.39, 0.29) is 22.8 Å². The van der Waals surface area contributed by atoms with E-state index in [9.17, 15) is 14.0 Å². The summed E-state index contributed by atoms with van der Waals surface area (Å²) in [6.07, 6.45) is 6.52. The van der Waals surface area contributed by atoms with Crippen LogP contribution in [0.1, 0.15) is 33.6 Å². The van der Waals surface area contributed by atoms with Gasteiger partial charge >= 0.3 is 0 Å². The highest BCUT2D eigenvalue weighted by atomic mass is 35.5. The van der Waals surface area contributed by atoms with Crippen LogP contribution in [0.4, 0.5) is 4.39 Å². The first-order valence-electron chi connectivity index (χ1n) is 13.8. The number of hydrogen-bond acceptors (Lipinski definition) is 5. The van der Waals surface area contributed by atoms with Crippen molar-refractivity contribution in [3.63, 3.8) is 0 Å². The summed E-state index contributed by atoms with van der Waals surface area (Å²) in [5.41, 5.74) is 4.29. The Labute approximate surface area is 247 Å². The van der Waals surface area contributed by atoms with E-state index in [2.05, 4.69) is 38.2 Å². The molecule has 5 aromatic rings. The zero-order valence-corrected chi connectivity index (χ0v) is 23.6. The molecule has 42 heavy (non-hydrogen) atoms. The molecule has 0 aliphatic carbocycles. The molecule has 0 unspecified atom stereocenters. The topological polar surface area (TPSA) is 89.2 Å². The van der Waals surface area contributed by atoms with Crippen molar-refractivity contribution in [3.8, 4) is 0 Å². The van der Waals surface area contributed by atoms with Gasteiger partial charge in [-0.2, -0.15) is 0 Å². The fraction of sp³-hybridized carbons (Fsp3) is 0.258. The first-order chi connectivity index (χ1) is 20.4. The highest BCUT2D eigenvalue weighted by Crippen LogP contribution is 2.24. The van der Waals surface area contributed by atoms with Crippen molar-refractivity contribution in [1.82, 2.24) is 34.3 Å². The Hall–Kier alpha value is -4.57. The predicted molar refractivity (Wildman–Crippen MR) is 157 cm³/mol. The minimum absolute atomic E-state index is 0.0714. The summed E-state index contributed by atoms with van der Waals surface area (Å²) in [5.74, 6) is -0.359. The monoisotopic (exact) mass is 585 g/mol. The summed E-state index contributed by atoms with van der Waals surface area (Å²) in [5, 5.41) is 9.87. The Morgan fingerprint density at radius 1 is 0.881 bits per heavy atom. The van der Waals surface area contributed by atoms with Crippen LogP contribution in [0, 0.1) is 5.82 Å². The van der Waals surface area contributed by atoms with Crippen LogP contribution < -0.4 is 0 Å². The average Bonchev–Trinajstić information content (AvgIpc) is 3.61. The van der Waals surface area contributed by atoms with Crippen molar-refractivity contribution >= 4 is 34.3 Å².